The van der Waals surface area contributed by atoms with E-state index >= 15 is 0 Å². The zero-order valence-electron chi connectivity index (χ0n) is 14.5. The van der Waals surface area contributed by atoms with E-state index in [4.69, 9.17) is 9.15 Å². The summed E-state index contributed by atoms with van der Waals surface area (Å²) in [7, 11) is 0. The van der Waals surface area contributed by atoms with Crippen molar-refractivity contribution in [3.8, 4) is 5.75 Å². The van der Waals surface area contributed by atoms with Crippen LogP contribution >= 0.6 is 0 Å². The van der Waals surface area contributed by atoms with Gasteiger partial charge in [-0.1, -0.05) is 26.8 Å². The predicted octanol–water partition coefficient (Wildman–Crippen LogP) is 2.66. The van der Waals surface area contributed by atoms with E-state index in [2.05, 4.69) is 10.3 Å². The van der Waals surface area contributed by atoms with Crippen LogP contribution in [0.4, 0.5) is 0 Å². The number of aromatic nitrogens is 1. The van der Waals surface area contributed by atoms with E-state index in [1.54, 1.807) is 37.4 Å². The van der Waals surface area contributed by atoms with E-state index in [0.717, 1.165) is 5.76 Å². The molecule has 0 aliphatic rings. The first-order valence-electron chi connectivity index (χ1n) is 7.90. The third-order valence-corrected chi connectivity index (χ3v) is 3.31. The van der Waals surface area contributed by atoms with Crippen LogP contribution in [-0.4, -0.2) is 28.6 Å². The molecule has 0 saturated carbocycles. The van der Waals surface area contributed by atoms with E-state index in [0.29, 0.717) is 17.2 Å². The molecule has 1 aromatic heterocycles. The molecule has 0 aliphatic carbocycles. The van der Waals surface area contributed by atoms with Gasteiger partial charge in [-0.25, -0.2) is 4.98 Å². The van der Waals surface area contributed by atoms with Crippen molar-refractivity contribution in [2.24, 2.45) is 0 Å². The fourth-order valence-corrected chi connectivity index (χ4v) is 1.94. The van der Waals surface area contributed by atoms with Crippen LogP contribution in [0.3, 0.4) is 0 Å². The second kappa shape index (κ2) is 7.49. The van der Waals surface area contributed by atoms with Crippen molar-refractivity contribution in [1.29, 1.82) is 0 Å². The Morgan fingerprint density at radius 3 is 2.79 bits per heavy atom. The number of benzene rings is 1. The number of hydrogen-bond acceptors (Lipinski definition) is 5. The van der Waals surface area contributed by atoms with Gasteiger partial charge in [0.1, 0.15) is 11.5 Å². The lowest BCUT2D eigenvalue weighted by molar-refractivity contribution is 0.0923. The Morgan fingerprint density at radius 1 is 1.42 bits per heavy atom. The monoisotopic (exact) mass is 332 g/mol. The van der Waals surface area contributed by atoms with Gasteiger partial charge in [-0.2, -0.15) is 0 Å². The highest BCUT2D eigenvalue weighted by atomic mass is 16.5. The highest BCUT2D eigenvalue weighted by molar-refractivity contribution is 5.94. The Kier molecular flexibility index (Phi) is 5.62. The summed E-state index contributed by atoms with van der Waals surface area (Å²) in [5.74, 6) is 1.58. The van der Waals surface area contributed by atoms with Gasteiger partial charge in [0, 0.05) is 17.5 Å². The number of carbonyl (C=O) groups excluding carboxylic acids is 1. The Hall–Kier alpha value is -2.34. The first-order chi connectivity index (χ1) is 11.3. The molecule has 1 unspecified atom stereocenters. The first-order valence-corrected chi connectivity index (χ1v) is 7.90. The standard InChI is InChI=1S/C18H24N2O4/c1-12(21)9-20-17(22)13-6-5-7-14(8-13)23-11-16-19-10-15(24-16)18(2,3)4/h5-8,10,12,21H,9,11H2,1-4H3,(H,20,22). The Balaban J connectivity index is 1.97. The van der Waals surface area contributed by atoms with Crippen LogP contribution in [0.25, 0.3) is 0 Å². The summed E-state index contributed by atoms with van der Waals surface area (Å²) in [6.07, 6.45) is 1.12. The third kappa shape index (κ3) is 5.09. The number of amides is 1. The molecule has 0 fully saturated rings. The van der Waals surface area contributed by atoms with Crippen LogP contribution < -0.4 is 10.1 Å². The van der Waals surface area contributed by atoms with Gasteiger partial charge in [0.15, 0.2) is 6.61 Å². The van der Waals surface area contributed by atoms with Gasteiger partial charge >= 0.3 is 0 Å². The number of rotatable bonds is 6. The van der Waals surface area contributed by atoms with Crippen molar-refractivity contribution in [1.82, 2.24) is 10.3 Å². The molecule has 2 N–H and O–H groups in total. The molecule has 6 heteroatoms. The second-order valence-corrected chi connectivity index (χ2v) is 6.74. The second-order valence-electron chi connectivity index (χ2n) is 6.74. The minimum absolute atomic E-state index is 0.104. The minimum Gasteiger partial charge on any atom is -0.484 e. The molecule has 1 amide bonds. The summed E-state index contributed by atoms with van der Waals surface area (Å²) in [6, 6.07) is 6.83. The summed E-state index contributed by atoms with van der Waals surface area (Å²) in [4.78, 5) is 16.2. The molecule has 6 nitrogen and oxygen atoms in total. The van der Waals surface area contributed by atoms with E-state index < -0.39 is 6.10 Å². The van der Waals surface area contributed by atoms with Gasteiger partial charge in [0.2, 0.25) is 5.89 Å². The normalized spacial score (nSPS) is 12.7. The van der Waals surface area contributed by atoms with Gasteiger partial charge in [-0.15, -0.1) is 0 Å². The van der Waals surface area contributed by atoms with E-state index in [9.17, 15) is 9.90 Å². The molecule has 2 aromatic rings. The van der Waals surface area contributed by atoms with Crippen molar-refractivity contribution in [2.75, 3.05) is 6.54 Å². The maximum atomic E-state index is 12.0. The molecule has 0 radical (unpaired) electrons. The number of hydrogen-bond donors (Lipinski definition) is 2. The molecule has 1 aromatic carbocycles. The van der Waals surface area contributed by atoms with Crippen molar-refractivity contribution < 1.29 is 19.1 Å². The molecule has 130 valence electrons. The zero-order valence-corrected chi connectivity index (χ0v) is 14.5. The minimum atomic E-state index is -0.588. The summed E-state index contributed by atoms with van der Waals surface area (Å²) in [5, 5.41) is 11.9. The van der Waals surface area contributed by atoms with E-state index in [1.165, 1.54) is 0 Å². The van der Waals surface area contributed by atoms with Gasteiger partial charge < -0.3 is 19.6 Å². The zero-order chi connectivity index (χ0) is 17.7. The first kappa shape index (κ1) is 18.0. The highest BCUT2D eigenvalue weighted by Crippen LogP contribution is 2.23. The van der Waals surface area contributed by atoms with Crippen molar-refractivity contribution in [3.63, 3.8) is 0 Å². The quantitative estimate of drug-likeness (QED) is 0.849. The molecule has 24 heavy (non-hydrogen) atoms. The molecule has 1 atom stereocenters. The number of ether oxygens (including phenoxy) is 1. The van der Waals surface area contributed by atoms with Crippen molar-refractivity contribution in [2.45, 2.75) is 45.8 Å². The maximum Gasteiger partial charge on any atom is 0.251 e. The van der Waals surface area contributed by atoms with Gasteiger partial charge in [0.25, 0.3) is 5.91 Å². The fraction of sp³-hybridized carbons (Fsp3) is 0.444. The van der Waals surface area contributed by atoms with Crippen LogP contribution in [-0.2, 0) is 12.0 Å². The average Bonchev–Trinajstić information content (AvgIpc) is 3.00. The summed E-state index contributed by atoms with van der Waals surface area (Å²) in [6.45, 7) is 8.15. The number of oxazole rings is 1. The lowest BCUT2D eigenvalue weighted by atomic mass is 9.94. The topological polar surface area (TPSA) is 84.6 Å². The summed E-state index contributed by atoms with van der Waals surface area (Å²) in [5.41, 5.74) is 0.364. The SMILES string of the molecule is CC(O)CNC(=O)c1cccc(OCc2ncc(C(C)(C)C)o2)c1. The highest BCUT2D eigenvalue weighted by Gasteiger charge is 2.19. The lowest BCUT2D eigenvalue weighted by Crippen LogP contribution is -2.30. The molecule has 0 aliphatic heterocycles. The average molecular weight is 332 g/mol. The summed E-state index contributed by atoms with van der Waals surface area (Å²) < 4.78 is 11.3. The number of aliphatic hydroxyl groups is 1. The van der Waals surface area contributed by atoms with Crippen LogP contribution in [0, 0.1) is 0 Å². The molecule has 2 rings (SSSR count). The summed E-state index contributed by atoms with van der Waals surface area (Å²) >= 11 is 0. The van der Waals surface area contributed by atoms with Crippen molar-refractivity contribution >= 4 is 5.91 Å². The molecule has 0 saturated heterocycles. The fourth-order valence-electron chi connectivity index (χ4n) is 1.94. The maximum absolute atomic E-state index is 12.0. The Morgan fingerprint density at radius 2 is 2.17 bits per heavy atom. The van der Waals surface area contributed by atoms with Gasteiger partial charge in [-0.05, 0) is 25.1 Å². The smallest absolute Gasteiger partial charge is 0.251 e. The lowest BCUT2D eigenvalue weighted by Gasteiger charge is -2.13. The van der Waals surface area contributed by atoms with E-state index in [-0.39, 0.29) is 24.5 Å². The van der Waals surface area contributed by atoms with Gasteiger partial charge in [0.05, 0.1) is 12.3 Å². The van der Waals surface area contributed by atoms with Crippen LogP contribution in [0.2, 0.25) is 0 Å². The van der Waals surface area contributed by atoms with Crippen molar-refractivity contribution in [3.05, 3.63) is 47.7 Å². The Bertz CT molecular complexity index is 686. The number of nitrogens with zero attached hydrogens (tertiary/aromatic N) is 1. The number of aliphatic hydroxyl groups excluding tert-OH is 1. The van der Waals surface area contributed by atoms with E-state index in [1.807, 2.05) is 20.8 Å². The Labute approximate surface area is 141 Å². The molecule has 0 bridgehead atoms. The van der Waals surface area contributed by atoms with Gasteiger partial charge in [-0.3, -0.25) is 4.79 Å². The largest absolute Gasteiger partial charge is 0.484 e. The van der Waals surface area contributed by atoms with Crippen LogP contribution in [0.1, 0.15) is 49.7 Å². The number of carbonyl (C=O) groups is 1. The molecule has 1 heterocycles. The number of nitrogens with one attached hydrogen (secondary N) is 1. The molecule has 0 spiro atoms. The predicted molar refractivity (Wildman–Crippen MR) is 90.0 cm³/mol. The third-order valence-electron chi connectivity index (χ3n) is 3.31. The van der Waals surface area contributed by atoms with Crippen LogP contribution in [0.5, 0.6) is 5.75 Å². The molecular weight excluding hydrogens is 308 g/mol. The molecular formula is C18H24N2O4. The van der Waals surface area contributed by atoms with Crippen LogP contribution in [0.15, 0.2) is 34.9 Å².